The molecule has 0 saturated carbocycles. The number of hydrogen-bond donors (Lipinski definition) is 0. The fourth-order valence-corrected chi connectivity index (χ4v) is 5.82. The van der Waals surface area contributed by atoms with Gasteiger partial charge in [0.05, 0.1) is 0 Å². The Labute approximate surface area is 213 Å². The topological polar surface area (TPSA) is 26.0 Å². The van der Waals surface area contributed by atoms with Gasteiger partial charge in [-0.1, -0.05) is 91.0 Å². The number of hydrogen-bond acceptors (Lipinski definition) is 2. The van der Waals surface area contributed by atoms with E-state index >= 15 is 0 Å². The van der Waals surface area contributed by atoms with Crippen LogP contribution in [0.1, 0.15) is 0 Å². The van der Waals surface area contributed by atoms with Crippen LogP contribution in [0.5, 0.6) is 0 Å². The van der Waals surface area contributed by atoms with Gasteiger partial charge in [0.25, 0.3) is 0 Å². The Morgan fingerprint density at radius 3 is 2.00 bits per heavy atom. The lowest BCUT2D eigenvalue weighted by Crippen LogP contribution is -1.86. The molecule has 6 aromatic carbocycles. The maximum absolute atomic E-state index is 6.32. The lowest BCUT2D eigenvalue weighted by Gasteiger charge is -2.12. The van der Waals surface area contributed by atoms with Crippen molar-refractivity contribution in [3.8, 4) is 22.3 Å². The second kappa shape index (κ2) is 7.78. The van der Waals surface area contributed by atoms with Gasteiger partial charge >= 0.3 is 0 Å². The van der Waals surface area contributed by atoms with Gasteiger partial charge in [0.2, 0.25) is 0 Å². The number of rotatable bonds is 2. The van der Waals surface area contributed by atoms with Crippen LogP contribution in [0.2, 0.25) is 0 Å². The van der Waals surface area contributed by atoms with Gasteiger partial charge in [-0.05, 0) is 67.9 Å². The molecule has 2 nitrogen and oxygen atoms in total. The zero-order valence-electron chi connectivity index (χ0n) is 20.0. The van der Waals surface area contributed by atoms with Gasteiger partial charge in [-0.15, -0.1) is 0 Å². The Morgan fingerprint density at radius 2 is 1.11 bits per heavy atom. The smallest absolute Gasteiger partial charge is 0.143 e. The Morgan fingerprint density at radius 1 is 0.432 bits per heavy atom. The molecule has 0 saturated heterocycles. The minimum atomic E-state index is 0.920. The number of nitrogens with zero attached hydrogens (tertiary/aromatic N) is 1. The van der Waals surface area contributed by atoms with Crippen LogP contribution >= 0.6 is 0 Å². The highest BCUT2D eigenvalue weighted by Gasteiger charge is 2.13. The van der Waals surface area contributed by atoms with Crippen molar-refractivity contribution in [3.05, 3.63) is 128 Å². The van der Waals surface area contributed by atoms with E-state index in [1.807, 2.05) is 24.5 Å². The maximum atomic E-state index is 6.32. The summed E-state index contributed by atoms with van der Waals surface area (Å²) in [6.45, 7) is 0. The molecule has 8 rings (SSSR count). The van der Waals surface area contributed by atoms with Crippen molar-refractivity contribution in [3.63, 3.8) is 0 Å². The largest absolute Gasteiger partial charge is 0.455 e. The Balaban J connectivity index is 1.34. The van der Waals surface area contributed by atoms with E-state index in [1.165, 1.54) is 43.4 Å². The molecule has 0 aliphatic heterocycles. The number of para-hydroxylation sites is 2. The van der Waals surface area contributed by atoms with E-state index < -0.39 is 0 Å². The fourth-order valence-electron chi connectivity index (χ4n) is 5.82. The van der Waals surface area contributed by atoms with Crippen LogP contribution in [0.4, 0.5) is 0 Å². The molecule has 2 heterocycles. The predicted molar refractivity (Wildman–Crippen MR) is 155 cm³/mol. The quantitative estimate of drug-likeness (QED) is 0.235. The van der Waals surface area contributed by atoms with Crippen molar-refractivity contribution in [2.24, 2.45) is 0 Å². The van der Waals surface area contributed by atoms with E-state index in [1.54, 1.807) is 0 Å². The number of furan rings is 1. The van der Waals surface area contributed by atoms with E-state index in [2.05, 4.69) is 108 Å². The molecule has 0 atom stereocenters. The second-order valence-corrected chi connectivity index (χ2v) is 9.59. The molecule has 0 radical (unpaired) electrons. The van der Waals surface area contributed by atoms with Gasteiger partial charge in [0.1, 0.15) is 11.2 Å². The maximum Gasteiger partial charge on any atom is 0.143 e. The lowest BCUT2D eigenvalue weighted by molar-refractivity contribution is 0.670. The summed E-state index contributed by atoms with van der Waals surface area (Å²) in [5.41, 5.74) is 6.47. The monoisotopic (exact) mass is 471 g/mol. The molecule has 0 aliphatic carbocycles. The van der Waals surface area contributed by atoms with E-state index in [0.29, 0.717) is 0 Å². The van der Waals surface area contributed by atoms with Gasteiger partial charge in [-0.25, -0.2) is 0 Å². The molecule has 0 aliphatic rings. The van der Waals surface area contributed by atoms with Gasteiger partial charge < -0.3 is 4.42 Å². The Kier molecular flexibility index (Phi) is 4.26. The molecular formula is C35H21NO. The van der Waals surface area contributed by atoms with Crippen molar-refractivity contribution in [2.45, 2.75) is 0 Å². The highest BCUT2D eigenvalue weighted by atomic mass is 16.3. The van der Waals surface area contributed by atoms with Gasteiger partial charge in [0.15, 0.2) is 0 Å². The number of benzene rings is 6. The van der Waals surface area contributed by atoms with Crippen molar-refractivity contribution in [2.75, 3.05) is 0 Å². The van der Waals surface area contributed by atoms with Gasteiger partial charge in [-0.3, -0.25) is 4.98 Å². The van der Waals surface area contributed by atoms with Crippen LogP contribution < -0.4 is 0 Å². The Bertz CT molecular complexity index is 2120. The average molecular weight is 472 g/mol. The first-order valence-corrected chi connectivity index (χ1v) is 12.5. The van der Waals surface area contributed by atoms with Crippen LogP contribution in [-0.2, 0) is 0 Å². The summed E-state index contributed by atoms with van der Waals surface area (Å²) in [6, 6.07) is 41.0. The van der Waals surface area contributed by atoms with E-state index in [-0.39, 0.29) is 0 Å². The Hall–Kier alpha value is -4.95. The first-order chi connectivity index (χ1) is 18.3. The molecule has 8 aromatic rings. The molecule has 172 valence electrons. The summed E-state index contributed by atoms with van der Waals surface area (Å²) < 4.78 is 6.32. The average Bonchev–Trinajstić information content (AvgIpc) is 3.36. The summed E-state index contributed by atoms with van der Waals surface area (Å²) in [6.07, 6.45) is 3.87. The predicted octanol–water partition coefficient (Wildman–Crippen LogP) is 9.77. The van der Waals surface area contributed by atoms with Crippen LogP contribution in [0, 0.1) is 0 Å². The van der Waals surface area contributed by atoms with Crippen LogP contribution in [-0.4, -0.2) is 4.98 Å². The number of pyridine rings is 1. The SMILES string of the molecule is c1cc(-c2ccc3c4ccccc4c4ccncc4c3c2)cc(-c2cccc3c2oc2ccccc23)c1. The van der Waals surface area contributed by atoms with Crippen LogP contribution in [0.3, 0.4) is 0 Å². The molecule has 0 bridgehead atoms. The molecule has 37 heavy (non-hydrogen) atoms. The first-order valence-electron chi connectivity index (χ1n) is 12.5. The third kappa shape index (κ3) is 3.03. The van der Waals surface area contributed by atoms with E-state index in [0.717, 1.165) is 33.1 Å². The fraction of sp³-hybridized carbons (Fsp3) is 0. The van der Waals surface area contributed by atoms with Crippen LogP contribution in [0.15, 0.2) is 132 Å². The zero-order chi connectivity index (χ0) is 24.3. The first kappa shape index (κ1) is 20.3. The normalized spacial score (nSPS) is 11.8. The van der Waals surface area contributed by atoms with Gasteiger partial charge in [0, 0.05) is 34.1 Å². The molecule has 2 heteroatoms. The van der Waals surface area contributed by atoms with E-state index in [9.17, 15) is 0 Å². The molecule has 2 aromatic heterocycles. The van der Waals surface area contributed by atoms with Crippen LogP contribution in [0.25, 0.3) is 76.5 Å². The molecule has 0 N–H and O–H groups in total. The highest BCUT2D eigenvalue weighted by Crippen LogP contribution is 2.39. The van der Waals surface area contributed by atoms with Crippen molar-refractivity contribution in [1.29, 1.82) is 0 Å². The third-order valence-electron chi connectivity index (χ3n) is 7.55. The highest BCUT2D eigenvalue weighted by molar-refractivity contribution is 6.25. The third-order valence-corrected chi connectivity index (χ3v) is 7.55. The molecule has 0 spiro atoms. The molecule has 0 unspecified atom stereocenters. The molecular weight excluding hydrogens is 450 g/mol. The second-order valence-electron chi connectivity index (χ2n) is 9.59. The molecule has 0 fully saturated rings. The number of fused-ring (bicyclic) bond motifs is 9. The summed E-state index contributed by atoms with van der Waals surface area (Å²) >= 11 is 0. The standard InChI is InChI=1S/C35H21NO/c1-2-10-27-26(9-1)28-16-15-23(20-32(28)33-21-36-18-17-29(27)33)22-7-5-8-24(19-22)25-12-6-13-31-30-11-3-4-14-34(30)37-35(25)31/h1-21H. The summed E-state index contributed by atoms with van der Waals surface area (Å²) in [4.78, 5) is 4.46. The minimum Gasteiger partial charge on any atom is -0.455 e. The summed E-state index contributed by atoms with van der Waals surface area (Å²) in [5, 5.41) is 9.73. The lowest BCUT2D eigenvalue weighted by atomic mass is 9.92. The van der Waals surface area contributed by atoms with Gasteiger partial charge in [-0.2, -0.15) is 0 Å². The van der Waals surface area contributed by atoms with E-state index in [4.69, 9.17) is 4.42 Å². The summed E-state index contributed by atoms with van der Waals surface area (Å²) in [5.74, 6) is 0. The number of aromatic nitrogens is 1. The zero-order valence-corrected chi connectivity index (χ0v) is 20.0. The van der Waals surface area contributed by atoms with Crippen molar-refractivity contribution < 1.29 is 4.42 Å². The molecule has 0 amide bonds. The van der Waals surface area contributed by atoms with Crippen molar-refractivity contribution >= 4 is 54.3 Å². The minimum absolute atomic E-state index is 0.920. The van der Waals surface area contributed by atoms with Crippen molar-refractivity contribution in [1.82, 2.24) is 4.98 Å². The summed E-state index contributed by atoms with van der Waals surface area (Å²) in [7, 11) is 0.